The highest BCUT2D eigenvalue weighted by Gasteiger charge is 2.27. The van der Waals surface area contributed by atoms with Gasteiger partial charge in [0.25, 0.3) is 0 Å². The smallest absolute Gasteiger partial charge is 0.187 e. The molecule has 0 unspecified atom stereocenters. The number of rotatable bonds is 6. The molecule has 0 radical (unpaired) electrons. The number of ether oxygens (including phenoxy) is 1. The Balaban J connectivity index is 1.60. The van der Waals surface area contributed by atoms with Crippen molar-refractivity contribution >= 4 is 28.7 Å². The lowest BCUT2D eigenvalue weighted by atomic mass is 10.1. The number of hydrogen-bond donors (Lipinski definition) is 1. The average Bonchev–Trinajstić information content (AvgIpc) is 3.39. The Morgan fingerprint density at radius 3 is 2.92 bits per heavy atom. The van der Waals surface area contributed by atoms with Crippen LogP contribution < -0.4 is 9.46 Å². The van der Waals surface area contributed by atoms with Crippen molar-refractivity contribution in [1.29, 1.82) is 0 Å². The summed E-state index contributed by atoms with van der Waals surface area (Å²) >= 11 is 1.51. The fraction of sp³-hybridized carbons (Fsp3) is 0.316. The summed E-state index contributed by atoms with van der Waals surface area (Å²) in [6.07, 6.45) is 3.49. The summed E-state index contributed by atoms with van der Waals surface area (Å²) < 4.78 is 14.4. The maximum Gasteiger partial charge on any atom is 0.187 e. The second-order valence-electron chi connectivity index (χ2n) is 6.07. The molecule has 1 saturated carbocycles. The Bertz CT molecular complexity index is 871. The molecule has 0 amide bonds. The van der Waals surface area contributed by atoms with Crippen molar-refractivity contribution in [3.05, 3.63) is 47.5 Å². The third-order valence-corrected chi connectivity index (χ3v) is 5.27. The highest BCUT2D eigenvalue weighted by Crippen LogP contribution is 2.44. The molecule has 0 bridgehead atoms. The summed E-state index contributed by atoms with van der Waals surface area (Å²) in [5, 5.41) is 5.27. The molecule has 24 heavy (non-hydrogen) atoms. The minimum Gasteiger partial charge on any atom is -0.496 e. The zero-order valence-corrected chi connectivity index (χ0v) is 14.7. The third kappa shape index (κ3) is 2.84. The van der Waals surface area contributed by atoms with Gasteiger partial charge in [0.05, 0.1) is 17.4 Å². The molecule has 0 atom stereocenters. The van der Waals surface area contributed by atoms with E-state index in [4.69, 9.17) is 9.26 Å². The number of fused-ring (bicyclic) bond motifs is 1. The molecule has 0 saturated heterocycles. The molecular weight excluding hydrogens is 320 g/mol. The predicted octanol–water partition coefficient (Wildman–Crippen LogP) is 5.40. The van der Waals surface area contributed by atoms with Crippen molar-refractivity contribution in [3.8, 4) is 5.75 Å². The largest absolute Gasteiger partial charge is 0.496 e. The lowest BCUT2D eigenvalue weighted by Gasteiger charge is -2.09. The lowest BCUT2D eigenvalue weighted by Crippen LogP contribution is -1.93. The van der Waals surface area contributed by atoms with Gasteiger partial charge in [0.1, 0.15) is 5.75 Å². The third-order valence-electron chi connectivity index (χ3n) is 4.44. The van der Waals surface area contributed by atoms with E-state index in [2.05, 4.69) is 47.1 Å². The molecule has 3 aromatic rings. The van der Waals surface area contributed by atoms with Crippen LogP contribution in [0.2, 0.25) is 0 Å². The van der Waals surface area contributed by atoms with Crippen LogP contribution in [0.5, 0.6) is 5.75 Å². The molecule has 4 rings (SSSR count). The van der Waals surface area contributed by atoms with Crippen LogP contribution in [-0.2, 0) is 6.42 Å². The molecule has 1 N–H and O–H groups in total. The molecule has 1 aliphatic rings. The van der Waals surface area contributed by atoms with Crippen LogP contribution in [0.25, 0.3) is 11.0 Å². The maximum absolute atomic E-state index is 5.61. The molecule has 1 heterocycles. The number of aromatic nitrogens is 1. The van der Waals surface area contributed by atoms with E-state index in [0.717, 1.165) is 33.9 Å². The van der Waals surface area contributed by atoms with E-state index in [1.54, 1.807) is 7.11 Å². The monoisotopic (exact) mass is 340 g/mol. The van der Waals surface area contributed by atoms with Crippen molar-refractivity contribution in [1.82, 2.24) is 5.16 Å². The van der Waals surface area contributed by atoms with Crippen molar-refractivity contribution < 1.29 is 9.26 Å². The first kappa shape index (κ1) is 15.4. The Labute approximate surface area is 145 Å². The first-order valence-electron chi connectivity index (χ1n) is 8.28. The second kappa shape index (κ2) is 6.40. The summed E-state index contributed by atoms with van der Waals surface area (Å²) in [4.78, 5) is 1.05. The standard InChI is InChI=1S/C19H20N2O2S/c1-3-12-7-10-16(22-2)17(11-12)24-21-19-15-6-4-5-14(13-8-9-13)18(15)23-20-19/h4-7,10-11,13H,3,8-9H2,1-2H3,(H,20,21). The number of aryl methyl sites for hydroxylation is 1. The molecule has 2 aromatic carbocycles. The van der Waals surface area contributed by atoms with Gasteiger partial charge in [-0.25, -0.2) is 0 Å². The van der Waals surface area contributed by atoms with E-state index in [0.29, 0.717) is 5.92 Å². The minimum atomic E-state index is 0.642. The summed E-state index contributed by atoms with van der Waals surface area (Å²) in [6.45, 7) is 2.15. The Hall–Kier alpha value is -2.14. The van der Waals surface area contributed by atoms with E-state index in [1.165, 1.54) is 35.9 Å². The first-order valence-corrected chi connectivity index (χ1v) is 9.10. The van der Waals surface area contributed by atoms with E-state index in [1.807, 2.05) is 6.07 Å². The summed E-state index contributed by atoms with van der Waals surface area (Å²) in [5.74, 6) is 2.26. The molecule has 0 spiro atoms. The second-order valence-corrected chi connectivity index (χ2v) is 6.92. The van der Waals surface area contributed by atoms with E-state index < -0.39 is 0 Å². The number of hydrogen-bond acceptors (Lipinski definition) is 5. The predicted molar refractivity (Wildman–Crippen MR) is 97.8 cm³/mol. The molecular formula is C19H20N2O2S. The van der Waals surface area contributed by atoms with E-state index in [9.17, 15) is 0 Å². The van der Waals surface area contributed by atoms with Crippen LogP contribution >= 0.6 is 11.9 Å². The van der Waals surface area contributed by atoms with Gasteiger partial charge in [-0.05, 0) is 60.9 Å². The van der Waals surface area contributed by atoms with Gasteiger partial charge in [0, 0.05) is 5.56 Å². The van der Waals surface area contributed by atoms with Gasteiger partial charge >= 0.3 is 0 Å². The van der Waals surface area contributed by atoms with E-state index >= 15 is 0 Å². The van der Waals surface area contributed by atoms with Crippen molar-refractivity contribution in [2.75, 3.05) is 11.8 Å². The molecule has 124 valence electrons. The van der Waals surface area contributed by atoms with Crippen LogP contribution in [0.15, 0.2) is 45.8 Å². The summed E-state index contributed by atoms with van der Waals surface area (Å²) in [6, 6.07) is 12.5. The molecule has 1 aromatic heterocycles. The van der Waals surface area contributed by atoms with Crippen molar-refractivity contribution in [2.24, 2.45) is 0 Å². The van der Waals surface area contributed by atoms with Crippen LogP contribution in [0, 0.1) is 0 Å². The van der Waals surface area contributed by atoms with Crippen LogP contribution in [0.3, 0.4) is 0 Å². The van der Waals surface area contributed by atoms with Gasteiger partial charge < -0.3 is 14.0 Å². The number of para-hydroxylation sites is 1. The van der Waals surface area contributed by atoms with Crippen LogP contribution in [0.1, 0.15) is 36.8 Å². The minimum absolute atomic E-state index is 0.642. The molecule has 1 aliphatic carbocycles. The maximum atomic E-state index is 5.61. The van der Waals surface area contributed by atoms with Crippen molar-refractivity contribution in [2.45, 2.75) is 37.0 Å². The highest BCUT2D eigenvalue weighted by atomic mass is 32.2. The average molecular weight is 340 g/mol. The Morgan fingerprint density at radius 1 is 1.29 bits per heavy atom. The zero-order valence-electron chi connectivity index (χ0n) is 13.8. The van der Waals surface area contributed by atoms with E-state index in [-0.39, 0.29) is 0 Å². The number of methoxy groups -OCH3 is 1. The van der Waals surface area contributed by atoms with Gasteiger partial charge in [-0.2, -0.15) is 0 Å². The van der Waals surface area contributed by atoms with Gasteiger partial charge in [0.15, 0.2) is 11.4 Å². The molecule has 0 aliphatic heterocycles. The number of nitrogens with zero attached hydrogens (tertiary/aromatic N) is 1. The fourth-order valence-corrected chi connectivity index (χ4v) is 3.71. The quantitative estimate of drug-likeness (QED) is 0.609. The normalized spacial score (nSPS) is 14.1. The highest BCUT2D eigenvalue weighted by molar-refractivity contribution is 8.00. The lowest BCUT2D eigenvalue weighted by molar-refractivity contribution is 0.404. The summed E-state index contributed by atoms with van der Waals surface area (Å²) in [5.41, 5.74) is 3.47. The van der Waals surface area contributed by atoms with Crippen LogP contribution in [0.4, 0.5) is 5.82 Å². The topological polar surface area (TPSA) is 47.3 Å². The number of anilines is 1. The first-order chi connectivity index (χ1) is 11.8. The SMILES string of the molecule is CCc1ccc(OC)c(SNc2noc3c(C4CC4)cccc23)c1. The van der Waals surface area contributed by atoms with Crippen LogP contribution in [-0.4, -0.2) is 12.3 Å². The van der Waals surface area contributed by atoms with Gasteiger partial charge in [0.2, 0.25) is 0 Å². The van der Waals surface area contributed by atoms with Gasteiger partial charge in [-0.3, -0.25) is 0 Å². The molecule has 4 nitrogen and oxygen atoms in total. The zero-order chi connectivity index (χ0) is 16.5. The Kier molecular flexibility index (Phi) is 4.10. The molecule has 5 heteroatoms. The fourth-order valence-electron chi connectivity index (χ4n) is 2.90. The number of nitrogens with one attached hydrogen (secondary N) is 1. The van der Waals surface area contributed by atoms with Gasteiger partial charge in [-0.15, -0.1) is 0 Å². The molecule has 1 fully saturated rings. The Morgan fingerprint density at radius 2 is 2.17 bits per heavy atom. The van der Waals surface area contributed by atoms with Crippen molar-refractivity contribution in [3.63, 3.8) is 0 Å². The summed E-state index contributed by atoms with van der Waals surface area (Å²) in [7, 11) is 1.69. The number of benzene rings is 2. The van der Waals surface area contributed by atoms with Gasteiger partial charge in [-0.1, -0.05) is 30.3 Å².